The number of nitrogens with zero attached hydrogens (tertiary/aromatic N) is 3. The van der Waals surface area contributed by atoms with E-state index in [0.717, 1.165) is 25.9 Å². The van der Waals surface area contributed by atoms with Gasteiger partial charge in [-0.25, -0.2) is 0 Å². The maximum absolute atomic E-state index is 13.2. The summed E-state index contributed by atoms with van der Waals surface area (Å²) in [6.07, 6.45) is -1.70. The van der Waals surface area contributed by atoms with E-state index in [1.807, 2.05) is 7.05 Å². The second kappa shape index (κ2) is 5.12. The Labute approximate surface area is 120 Å². The van der Waals surface area contributed by atoms with Gasteiger partial charge in [-0.05, 0) is 45.8 Å². The number of rotatable bonds is 1. The first-order valence-corrected chi connectivity index (χ1v) is 7.28. The molecule has 0 bridgehead atoms. The summed E-state index contributed by atoms with van der Waals surface area (Å²) in [5.74, 6) is -0.414. The SMILES string of the molecule is CN1CCC(n2nc(C(F)(F)F)c3c2CCCC3=O)CC1. The Balaban J connectivity index is 2.03. The summed E-state index contributed by atoms with van der Waals surface area (Å²) in [6.45, 7) is 1.68. The van der Waals surface area contributed by atoms with Crippen LogP contribution in [0.25, 0.3) is 0 Å². The van der Waals surface area contributed by atoms with Crippen molar-refractivity contribution >= 4 is 5.78 Å². The van der Waals surface area contributed by atoms with Crippen LogP contribution in [0.15, 0.2) is 0 Å². The molecular weight excluding hydrogens is 283 g/mol. The summed E-state index contributed by atoms with van der Waals surface area (Å²) in [7, 11) is 2.00. The number of Topliss-reactive ketones (excluding diaryl/α,β-unsaturated/α-hetero) is 1. The average molecular weight is 301 g/mol. The summed E-state index contributed by atoms with van der Waals surface area (Å²) in [4.78, 5) is 14.1. The second-order valence-corrected chi connectivity index (χ2v) is 5.92. The van der Waals surface area contributed by atoms with Crippen LogP contribution in [-0.4, -0.2) is 40.6 Å². The van der Waals surface area contributed by atoms with Gasteiger partial charge in [0.1, 0.15) is 0 Å². The average Bonchev–Trinajstić information content (AvgIpc) is 2.81. The maximum Gasteiger partial charge on any atom is 0.435 e. The minimum absolute atomic E-state index is 0.0306. The second-order valence-electron chi connectivity index (χ2n) is 5.92. The fraction of sp³-hybridized carbons (Fsp3) is 0.714. The van der Waals surface area contributed by atoms with Gasteiger partial charge in [0.05, 0.1) is 17.3 Å². The van der Waals surface area contributed by atoms with Crippen LogP contribution >= 0.6 is 0 Å². The third-order valence-corrected chi connectivity index (χ3v) is 4.41. The van der Waals surface area contributed by atoms with E-state index in [9.17, 15) is 18.0 Å². The van der Waals surface area contributed by atoms with Gasteiger partial charge in [-0.3, -0.25) is 9.48 Å². The van der Waals surface area contributed by atoms with Crippen molar-refractivity contribution in [3.05, 3.63) is 17.0 Å². The molecule has 21 heavy (non-hydrogen) atoms. The first-order valence-electron chi connectivity index (χ1n) is 7.28. The molecule has 1 aromatic heterocycles. The Hall–Kier alpha value is -1.37. The molecule has 1 aromatic rings. The van der Waals surface area contributed by atoms with E-state index in [-0.39, 0.29) is 18.0 Å². The van der Waals surface area contributed by atoms with Gasteiger partial charge >= 0.3 is 6.18 Å². The normalized spacial score (nSPS) is 21.6. The Morgan fingerprint density at radius 3 is 2.48 bits per heavy atom. The third kappa shape index (κ3) is 2.59. The minimum Gasteiger partial charge on any atom is -0.306 e. The standard InChI is InChI=1S/C14H18F3N3O/c1-19-7-5-9(6-8-19)20-10-3-2-4-11(21)12(10)13(18-20)14(15,16)17/h9H,2-8H2,1H3. The van der Waals surface area contributed by atoms with E-state index >= 15 is 0 Å². The highest BCUT2D eigenvalue weighted by atomic mass is 19.4. The van der Waals surface area contributed by atoms with Gasteiger partial charge in [-0.1, -0.05) is 0 Å². The molecule has 0 unspecified atom stereocenters. The molecule has 1 aliphatic carbocycles. The minimum atomic E-state index is -4.56. The first kappa shape index (κ1) is 14.6. The molecule has 1 saturated heterocycles. The van der Waals surface area contributed by atoms with Crippen LogP contribution in [0, 0.1) is 0 Å². The maximum atomic E-state index is 13.2. The van der Waals surface area contributed by atoms with Crippen LogP contribution in [0.4, 0.5) is 13.2 Å². The first-order chi connectivity index (χ1) is 9.88. The number of aromatic nitrogens is 2. The summed E-state index contributed by atoms with van der Waals surface area (Å²) in [6, 6.07) is -0.0306. The van der Waals surface area contributed by atoms with Crippen molar-refractivity contribution < 1.29 is 18.0 Å². The molecule has 0 radical (unpaired) electrons. The molecule has 0 saturated carbocycles. The van der Waals surface area contributed by atoms with Gasteiger partial charge in [-0.15, -0.1) is 0 Å². The quantitative estimate of drug-likeness (QED) is 0.800. The van der Waals surface area contributed by atoms with E-state index in [1.54, 1.807) is 0 Å². The molecule has 4 nitrogen and oxygen atoms in total. The molecule has 1 fully saturated rings. The summed E-state index contributed by atoms with van der Waals surface area (Å²) >= 11 is 0. The van der Waals surface area contributed by atoms with Gasteiger partial charge in [0.15, 0.2) is 11.5 Å². The summed E-state index contributed by atoms with van der Waals surface area (Å²) in [5, 5.41) is 3.81. The lowest BCUT2D eigenvalue weighted by molar-refractivity contribution is -0.141. The highest BCUT2D eigenvalue weighted by molar-refractivity contribution is 5.99. The molecule has 0 amide bonds. The number of ketones is 1. The third-order valence-electron chi connectivity index (χ3n) is 4.41. The van der Waals surface area contributed by atoms with E-state index in [2.05, 4.69) is 10.00 Å². The molecule has 3 rings (SSSR count). The Bertz CT molecular complexity index is 557. The van der Waals surface area contributed by atoms with Crippen molar-refractivity contribution in [2.24, 2.45) is 0 Å². The predicted molar refractivity (Wildman–Crippen MR) is 70.3 cm³/mol. The zero-order chi connectivity index (χ0) is 15.2. The number of carbonyl (C=O) groups excluding carboxylic acids is 1. The van der Waals surface area contributed by atoms with Gasteiger partial charge < -0.3 is 4.90 Å². The monoisotopic (exact) mass is 301 g/mol. The smallest absolute Gasteiger partial charge is 0.306 e. The van der Waals surface area contributed by atoms with Gasteiger partial charge in [-0.2, -0.15) is 18.3 Å². The molecular formula is C14H18F3N3O. The fourth-order valence-corrected chi connectivity index (χ4v) is 3.28. The number of halogens is 3. The van der Waals surface area contributed by atoms with Crippen LogP contribution in [0.3, 0.4) is 0 Å². The molecule has 2 heterocycles. The molecule has 116 valence electrons. The number of hydrogen-bond acceptors (Lipinski definition) is 3. The topological polar surface area (TPSA) is 38.1 Å². The lowest BCUT2D eigenvalue weighted by Gasteiger charge is -2.30. The van der Waals surface area contributed by atoms with E-state index < -0.39 is 17.7 Å². The number of piperidine rings is 1. The van der Waals surface area contributed by atoms with Crippen molar-refractivity contribution in [2.75, 3.05) is 20.1 Å². The van der Waals surface area contributed by atoms with Gasteiger partial charge in [0, 0.05) is 6.42 Å². The number of carbonyl (C=O) groups is 1. The van der Waals surface area contributed by atoms with E-state index in [0.29, 0.717) is 18.5 Å². The highest BCUT2D eigenvalue weighted by Gasteiger charge is 2.43. The fourth-order valence-electron chi connectivity index (χ4n) is 3.28. The zero-order valence-corrected chi connectivity index (χ0v) is 11.9. The number of hydrogen-bond donors (Lipinski definition) is 0. The van der Waals surface area contributed by atoms with Crippen molar-refractivity contribution in [2.45, 2.75) is 44.3 Å². The van der Waals surface area contributed by atoms with Gasteiger partial charge in [0.25, 0.3) is 0 Å². The van der Waals surface area contributed by atoms with Crippen molar-refractivity contribution in [3.8, 4) is 0 Å². The van der Waals surface area contributed by atoms with Crippen LogP contribution in [0.2, 0.25) is 0 Å². The van der Waals surface area contributed by atoms with E-state index in [4.69, 9.17) is 0 Å². The van der Waals surface area contributed by atoms with Crippen molar-refractivity contribution in [1.29, 1.82) is 0 Å². The Kier molecular flexibility index (Phi) is 3.55. The Morgan fingerprint density at radius 2 is 1.86 bits per heavy atom. The molecule has 7 heteroatoms. The summed E-state index contributed by atoms with van der Waals surface area (Å²) in [5.41, 5.74) is -0.665. The highest BCUT2D eigenvalue weighted by Crippen LogP contribution is 2.38. The van der Waals surface area contributed by atoms with E-state index in [1.165, 1.54) is 4.68 Å². The lowest BCUT2D eigenvalue weighted by atomic mass is 9.93. The van der Waals surface area contributed by atoms with Crippen LogP contribution in [0.5, 0.6) is 0 Å². The Morgan fingerprint density at radius 1 is 1.19 bits per heavy atom. The molecule has 0 spiro atoms. The molecule has 0 aromatic carbocycles. The van der Waals surface area contributed by atoms with Gasteiger partial charge in [0.2, 0.25) is 0 Å². The summed E-state index contributed by atoms with van der Waals surface area (Å²) < 4.78 is 41.0. The van der Waals surface area contributed by atoms with Crippen LogP contribution < -0.4 is 0 Å². The predicted octanol–water partition coefficient (Wildman–Crippen LogP) is 2.69. The zero-order valence-electron chi connectivity index (χ0n) is 11.9. The number of fused-ring (bicyclic) bond motifs is 1. The molecule has 2 aliphatic rings. The van der Waals surface area contributed by atoms with Crippen LogP contribution in [-0.2, 0) is 12.6 Å². The van der Waals surface area contributed by atoms with Crippen LogP contribution in [0.1, 0.15) is 53.5 Å². The number of alkyl halides is 3. The molecule has 0 N–H and O–H groups in total. The molecule has 1 aliphatic heterocycles. The van der Waals surface area contributed by atoms with Crippen molar-refractivity contribution in [1.82, 2.24) is 14.7 Å². The van der Waals surface area contributed by atoms with Crippen molar-refractivity contribution in [3.63, 3.8) is 0 Å². The largest absolute Gasteiger partial charge is 0.435 e. The lowest BCUT2D eigenvalue weighted by Crippen LogP contribution is -2.32. The number of likely N-dealkylation sites (tertiary alicyclic amines) is 1. The molecule has 0 atom stereocenters.